The fourth-order valence-electron chi connectivity index (χ4n) is 4.13. The molecule has 0 radical (unpaired) electrons. The van der Waals surface area contributed by atoms with E-state index in [-0.39, 0.29) is 17.4 Å². The Hall–Kier alpha value is -3.75. The van der Waals surface area contributed by atoms with Crippen molar-refractivity contribution in [2.75, 3.05) is 5.32 Å². The summed E-state index contributed by atoms with van der Waals surface area (Å²) >= 11 is 0. The van der Waals surface area contributed by atoms with Crippen LogP contribution in [-0.2, 0) is 4.79 Å². The maximum atomic E-state index is 13.2. The molecule has 146 valence electrons. The monoisotopic (exact) mass is 391 g/mol. The number of rotatable bonds is 3. The van der Waals surface area contributed by atoms with Crippen molar-refractivity contribution in [1.29, 1.82) is 0 Å². The van der Waals surface area contributed by atoms with Gasteiger partial charge in [-0.1, -0.05) is 0 Å². The highest BCUT2D eigenvalue weighted by Gasteiger charge is 2.40. The number of nitrogens with one attached hydrogen (secondary N) is 1. The van der Waals surface area contributed by atoms with Gasteiger partial charge in [-0.2, -0.15) is 10.1 Å². The maximum Gasteiger partial charge on any atom is 0.269 e. The van der Waals surface area contributed by atoms with Crippen LogP contribution in [0, 0.1) is 17.0 Å². The third-order valence-corrected chi connectivity index (χ3v) is 5.39. The highest BCUT2D eigenvalue weighted by atomic mass is 16.6. The Morgan fingerprint density at radius 2 is 2.03 bits per heavy atom. The first-order valence-electron chi connectivity index (χ1n) is 9.25. The van der Waals surface area contributed by atoms with E-state index in [0.717, 1.165) is 17.0 Å². The fourth-order valence-corrected chi connectivity index (χ4v) is 4.13. The molecule has 29 heavy (non-hydrogen) atoms. The van der Waals surface area contributed by atoms with E-state index >= 15 is 0 Å². The predicted octanol–water partition coefficient (Wildman–Crippen LogP) is 3.50. The van der Waals surface area contributed by atoms with Crippen molar-refractivity contribution in [2.24, 2.45) is 0 Å². The summed E-state index contributed by atoms with van der Waals surface area (Å²) in [7, 11) is 0. The zero-order valence-electron chi connectivity index (χ0n) is 15.5. The summed E-state index contributed by atoms with van der Waals surface area (Å²) in [6.45, 7) is 1.78. The molecule has 0 saturated heterocycles. The van der Waals surface area contributed by atoms with Crippen LogP contribution in [0.2, 0.25) is 0 Å². The number of nitro benzene ring substituents is 1. The number of hydrogen-bond donors (Lipinski definition) is 1. The van der Waals surface area contributed by atoms with Gasteiger partial charge in [0.1, 0.15) is 17.6 Å². The molecular formula is C20H17N5O4. The molecule has 0 bridgehead atoms. The van der Waals surface area contributed by atoms with Gasteiger partial charge in [-0.05, 0) is 43.2 Å². The number of aryl methyl sites for hydroxylation is 1. The Kier molecular flexibility index (Phi) is 3.83. The lowest BCUT2D eigenvalue weighted by Gasteiger charge is -2.34. The number of ketones is 1. The molecular weight excluding hydrogens is 374 g/mol. The smallest absolute Gasteiger partial charge is 0.269 e. The number of fused-ring (bicyclic) bond motifs is 1. The zero-order chi connectivity index (χ0) is 20.1. The summed E-state index contributed by atoms with van der Waals surface area (Å²) < 4.78 is 7.20. The second kappa shape index (κ2) is 6.40. The molecule has 2 atom stereocenters. The molecule has 1 aliphatic carbocycles. The summed E-state index contributed by atoms with van der Waals surface area (Å²) in [5.41, 5.74) is 2.17. The van der Waals surface area contributed by atoms with E-state index in [2.05, 4.69) is 15.4 Å². The molecule has 0 saturated carbocycles. The van der Waals surface area contributed by atoms with Crippen molar-refractivity contribution in [1.82, 2.24) is 14.8 Å². The molecule has 0 amide bonds. The standard InChI is InChI=1S/C20H17N5O4/c1-11-21-20-22-15-9-13(17-3-2-8-29-17)10-16(26)18(15)19(24(20)23-11)12-4-6-14(7-5-12)25(27)28/h2-8,13,19H,9-10H2,1H3,(H,21,22,23)/t13-,19+/m0/s1. The number of hydrogen-bond acceptors (Lipinski definition) is 7. The molecule has 1 aromatic carbocycles. The Morgan fingerprint density at radius 1 is 1.24 bits per heavy atom. The minimum Gasteiger partial charge on any atom is -0.469 e. The number of allylic oxidation sites excluding steroid dienone is 2. The van der Waals surface area contributed by atoms with Crippen LogP contribution in [0.15, 0.2) is 58.3 Å². The average Bonchev–Trinajstić information content (AvgIpc) is 3.35. The van der Waals surface area contributed by atoms with Crippen LogP contribution in [0.3, 0.4) is 0 Å². The van der Waals surface area contributed by atoms with Crippen LogP contribution in [0.25, 0.3) is 0 Å². The number of aromatic nitrogens is 3. The quantitative estimate of drug-likeness (QED) is 0.536. The van der Waals surface area contributed by atoms with E-state index in [4.69, 9.17) is 4.42 Å². The molecule has 1 aliphatic heterocycles. The Labute approximate surface area is 165 Å². The number of non-ortho nitro benzene ring substituents is 1. The summed E-state index contributed by atoms with van der Waals surface area (Å²) in [5, 5.41) is 18.7. The predicted molar refractivity (Wildman–Crippen MR) is 102 cm³/mol. The van der Waals surface area contributed by atoms with E-state index in [1.807, 2.05) is 12.1 Å². The lowest BCUT2D eigenvalue weighted by molar-refractivity contribution is -0.384. The first-order valence-corrected chi connectivity index (χ1v) is 9.25. The molecule has 0 unspecified atom stereocenters. The summed E-state index contributed by atoms with van der Waals surface area (Å²) in [5.74, 6) is 1.87. The first kappa shape index (κ1) is 17.4. The normalized spacial score (nSPS) is 20.8. The van der Waals surface area contributed by atoms with Gasteiger partial charge in [0.2, 0.25) is 5.95 Å². The van der Waals surface area contributed by atoms with Crippen molar-refractivity contribution >= 4 is 17.4 Å². The average molecular weight is 391 g/mol. The highest BCUT2D eigenvalue weighted by molar-refractivity contribution is 6.00. The largest absolute Gasteiger partial charge is 0.469 e. The van der Waals surface area contributed by atoms with Crippen LogP contribution in [-0.4, -0.2) is 25.5 Å². The second-order valence-corrected chi connectivity index (χ2v) is 7.24. The van der Waals surface area contributed by atoms with E-state index in [0.29, 0.717) is 30.2 Å². The molecule has 2 aromatic heterocycles. The third kappa shape index (κ3) is 2.82. The first-order chi connectivity index (χ1) is 14.0. The molecule has 5 rings (SSSR count). The molecule has 0 spiro atoms. The number of furan rings is 1. The number of carbonyl (C=O) groups is 1. The number of anilines is 1. The van der Waals surface area contributed by atoms with Gasteiger partial charge in [0.25, 0.3) is 5.69 Å². The van der Waals surface area contributed by atoms with Crippen LogP contribution in [0.5, 0.6) is 0 Å². The lowest BCUT2D eigenvalue weighted by Crippen LogP contribution is -2.33. The Balaban J connectivity index is 1.61. The minimum absolute atomic E-state index is 0.000245. The second-order valence-electron chi connectivity index (χ2n) is 7.24. The Bertz CT molecular complexity index is 1140. The van der Waals surface area contributed by atoms with Crippen molar-refractivity contribution < 1.29 is 14.1 Å². The molecule has 3 aromatic rings. The zero-order valence-corrected chi connectivity index (χ0v) is 15.5. The van der Waals surface area contributed by atoms with E-state index in [1.165, 1.54) is 12.1 Å². The third-order valence-electron chi connectivity index (χ3n) is 5.39. The van der Waals surface area contributed by atoms with Gasteiger partial charge in [-0.3, -0.25) is 14.9 Å². The molecule has 2 aliphatic rings. The van der Waals surface area contributed by atoms with Gasteiger partial charge >= 0.3 is 0 Å². The SMILES string of the molecule is Cc1nc2n(n1)[C@H](c1ccc([N+](=O)[O-])cc1)C1=C(C[C@H](c3ccco3)CC1=O)N2. The topological polar surface area (TPSA) is 116 Å². The number of Topliss-reactive ketones (excluding diaryl/α,β-unsaturated/α-hetero) is 1. The summed E-state index contributed by atoms with van der Waals surface area (Å²) in [6.07, 6.45) is 2.56. The molecule has 9 heteroatoms. The highest BCUT2D eigenvalue weighted by Crippen LogP contribution is 2.44. The van der Waals surface area contributed by atoms with Crippen molar-refractivity contribution in [3.8, 4) is 0 Å². The fraction of sp³-hybridized carbons (Fsp3) is 0.250. The van der Waals surface area contributed by atoms with E-state index in [9.17, 15) is 14.9 Å². The van der Waals surface area contributed by atoms with E-state index < -0.39 is 11.0 Å². The van der Waals surface area contributed by atoms with Gasteiger partial charge in [-0.15, -0.1) is 0 Å². The summed E-state index contributed by atoms with van der Waals surface area (Å²) in [6, 6.07) is 9.45. The van der Waals surface area contributed by atoms with Gasteiger partial charge in [0.05, 0.1) is 11.2 Å². The molecule has 0 fully saturated rings. The molecule has 1 N–H and O–H groups in total. The number of nitro groups is 1. The lowest BCUT2D eigenvalue weighted by atomic mass is 9.79. The van der Waals surface area contributed by atoms with Crippen LogP contribution >= 0.6 is 0 Å². The van der Waals surface area contributed by atoms with Gasteiger partial charge < -0.3 is 9.73 Å². The number of nitrogens with zero attached hydrogens (tertiary/aromatic N) is 4. The van der Waals surface area contributed by atoms with Gasteiger partial charge in [0.15, 0.2) is 5.78 Å². The van der Waals surface area contributed by atoms with Crippen molar-refractivity contribution in [3.05, 3.63) is 81.2 Å². The van der Waals surface area contributed by atoms with Crippen molar-refractivity contribution in [3.63, 3.8) is 0 Å². The molecule has 9 nitrogen and oxygen atoms in total. The van der Waals surface area contributed by atoms with Gasteiger partial charge in [0, 0.05) is 35.7 Å². The minimum atomic E-state index is -0.478. The van der Waals surface area contributed by atoms with Gasteiger partial charge in [-0.25, -0.2) is 4.68 Å². The maximum absolute atomic E-state index is 13.2. The number of benzene rings is 1. The molecule has 3 heterocycles. The van der Waals surface area contributed by atoms with Crippen LogP contribution in [0.4, 0.5) is 11.6 Å². The summed E-state index contributed by atoms with van der Waals surface area (Å²) in [4.78, 5) is 28.2. The van der Waals surface area contributed by atoms with E-state index in [1.54, 1.807) is 30.0 Å². The van der Waals surface area contributed by atoms with Crippen molar-refractivity contribution in [2.45, 2.75) is 31.7 Å². The van der Waals surface area contributed by atoms with Crippen LogP contribution in [0.1, 0.15) is 41.9 Å². The Morgan fingerprint density at radius 3 is 2.72 bits per heavy atom. The number of carbonyl (C=O) groups excluding carboxylic acids is 1. The van der Waals surface area contributed by atoms with Crippen LogP contribution < -0.4 is 5.32 Å².